The molecule has 0 radical (unpaired) electrons. The second kappa shape index (κ2) is 5.11. The molecule has 0 spiro atoms. The van der Waals surface area contributed by atoms with E-state index in [1.165, 1.54) is 0 Å². The van der Waals surface area contributed by atoms with Crippen LogP contribution in [0.5, 0.6) is 0 Å². The van der Waals surface area contributed by atoms with Gasteiger partial charge in [-0.2, -0.15) is 0 Å². The smallest absolute Gasteiger partial charge is 0.319 e. The Morgan fingerprint density at radius 1 is 1.47 bits per heavy atom. The molecule has 1 saturated carbocycles. The van der Waals surface area contributed by atoms with Crippen molar-refractivity contribution in [2.75, 3.05) is 19.8 Å². The lowest BCUT2D eigenvalue weighted by Crippen LogP contribution is -2.51. The number of rotatable bonds is 6. The molecule has 0 aromatic rings. The third kappa shape index (κ3) is 2.47. The summed E-state index contributed by atoms with van der Waals surface area (Å²) in [6.07, 6.45) is 1.71. The summed E-state index contributed by atoms with van der Waals surface area (Å²) in [5, 5.41) is 11.6. The van der Waals surface area contributed by atoms with Crippen LogP contribution in [0.3, 0.4) is 0 Å². The van der Waals surface area contributed by atoms with Crippen LogP contribution in [-0.4, -0.2) is 36.7 Å². The predicted octanol–water partition coefficient (Wildman–Crippen LogP) is 0.394. The highest BCUT2D eigenvalue weighted by molar-refractivity contribution is 6.02. The van der Waals surface area contributed by atoms with Crippen LogP contribution >= 0.6 is 0 Å². The minimum atomic E-state index is -1.16. The van der Waals surface area contributed by atoms with Crippen molar-refractivity contribution in [3.63, 3.8) is 0 Å². The van der Waals surface area contributed by atoms with E-state index in [4.69, 9.17) is 9.84 Å². The quantitative estimate of drug-likeness (QED) is 0.496. The summed E-state index contributed by atoms with van der Waals surface area (Å²) in [5.41, 5.74) is -1.16. The highest BCUT2D eigenvalue weighted by Crippen LogP contribution is 2.41. The fraction of sp³-hybridized carbons (Fsp3) is 0.800. The zero-order valence-electron chi connectivity index (χ0n) is 8.91. The van der Waals surface area contributed by atoms with Gasteiger partial charge in [0.05, 0.1) is 6.61 Å². The van der Waals surface area contributed by atoms with Crippen molar-refractivity contribution in [1.29, 1.82) is 0 Å². The second-order valence-electron chi connectivity index (χ2n) is 3.69. The number of hydrogen-bond acceptors (Lipinski definition) is 3. The van der Waals surface area contributed by atoms with Crippen molar-refractivity contribution in [1.82, 2.24) is 5.32 Å². The van der Waals surface area contributed by atoms with Gasteiger partial charge in [0.2, 0.25) is 5.91 Å². The number of carbonyl (C=O) groups is 2. The molecular formula is C10H17NO4. The number of carboxylic acids is 1. The Morgan fingerprint density at radius 3 is 2.53 bits per heavy atom. The lowest BCUT2D eigenvalue weighted by Gasteiger charge is -2.35. The second-order valence-corrected chi connectivity index (χ2v) is 3.69. The number of ether oxygens (including phenoxy) is 1. The topological polar surface area (TPSA) is 75.6 Å². The Bertz CT molecular complexity index is 248. The Kier molecular flexibility index (Phi) is 4.08. The van der Waals surface area contributed by atoms with Crippen molar-refractivity contribution in [2.45, 2.75) is 26.2 Å². The first kappa shape index (κ1) is 12.0. The van der Waals surface area contributed by atoms with Gasteiger partial charge in [0, 0.05) is 13.2 Å². The van der Waals surface area contributed by atoms with E-state index in [-0.39, 0.29) is 5.91 Å². The molecule has 0 atom stereocenters. The Hall–Kier alpha value is -1.10. The van der Waals surface area contributed by atoms with Crippen LogP contribution in [0.2, 0.25) is 0 Å². The lowest BCUT2D eigenvalue weighted by molar-refractivity contribution is -0.162. The van der Waals surface area contributed by atoms with Gasteiger partial charge in [0.25, 0.3) is 0 Å². The number of aliphatic carboxylic acids is 1. The van der Waals surface area contributed by atoms with Gasteiger partial charge in [0.1, 0.15) is 5.41 Å². The monoisotopic (exact) mass is 215 g/mol. The van der Waals surface area contributed by atoms with Crippen LogP contribution in [0.4, 0.5) is 0 Å². The molecule has 0 aromatic carbocycles. The molecule has 2 N–H and O–H groups in total. The lowest BCUT2D eigenvalue weighted by atomic mass is 9.68. The zero-order chi connectivity index (χ0) is 11.3. The fourth-order valence-electron chi connectivity index (χ4n) is 1.62. The van der Waals surface area contributed by atoms with Crippen molar-refractivity contribution >= 4 is 11.9 Å². The van der Waals surface area contributed by atoms with Gasteiger partial charge in [-0.3, -0.25) is 9.59 Å². The standard InChI is InChI=1S/C10H17NO4/c1-2-15-7-6-11-8(12)10(9(13)14)4-3-5-10/h2-7H2,1H3,(H,11,12)(H,13,14). The molecule has 0 aliphatic heterocycles. The molecule has 0 aromatic heterocycles. The maximum absolute atomic E-state index is 11.6. The molecule has 15 heavy (non-hydrogen) atoms. The summed E-state index contributed by atoms with van der Waals surface area (Å²) in [6.45, 7) is 3.27. The molecule has 1 rings (SSSR count). The highest BCUT2D eigenvalue weighted by Gasteiger charge is 2.50. The Balaban J connectivity index is 2.35. The summed E-state index contributed by atoms with van der Waals surface area (Å²) in [5.74, 6) is -1.39. The van der Waals surface area contributed by atoms with Crippen molar-refractivity contribution in [2.24, 2.45) is 5.41 Å². The minimum absolute atomic E-state index is 0.374. The molecule has 1 aliphatic carbocycles. The first-order valence-electron chi connectivity index (χ1n) is 5.23. The fourth-order valence-corrected chi connectivity index (χ4v) is 1.62. The van der Waals surface area contributed by atoms with Crippen LogP contribution in [-0.2, 0) is 14.3 Å². The maximum Gasteiger partial charge on any atom is 0.319 e. The van der Waals surface area contributed by atoms with Gasteiger partial charge in [-0.15, -0.1) is 0 Å². The van der Waals surface area contributed by atoms with E-state index in [0.717, 1.165) is 6.42 Å². The molecule has 1 amide bonds. The van der Waals surface area contributed by atoms with Gasteiger partial charge in [-0.05, 0) is 19.8 Å². The molecule has 1 fully saturated rings. The first-order valence-corrected chi connectivity index (χ1v) is 5.23. The van der Waals surface area contributed by atoms with Crippen molar-refractivity contribution < 1.29 is 19.4 Å². The van der Waals surface area contributed by atoms with Gasteiger partial charge >= 0.3 is 5.97 Å². The van der Waals surface area contributed by atoms with Gasteiger partial charge in [-0.1, -0.05) is 6.42 Å². The summed E-state index contributed by atoms with van der Waals surface area (Å²) in [7, 11) is 0. The largest absolute Gasteiger partial charge is 0.480 e. The minimum Gasteiger partial charge on any atom is -0.480 e. The molecule has 0 unspecified atom stereocenters. The molecule has 1 aliphatic rings. The summed E-state index contributed by atoms with van der Waals surface area (Å²) in [4.78, 5) is 22.5. The summed E-state index contributed by atoms with van der Waals surface area (Å²) >= 11 is 0. The average Bonchev–Trinajstić information content (AvgIpc) is 2.10. The van der Waals surface area contributed by atoms with Gasteiger partial charge < -0.3 is 15.2 Å². The van der Waals surface area contributed by atoms with Gasteiger partial charge in [-0.25, -0.2) is 0 Å². The molecule has 0 heterocycles. The number of carbonyl (C=O) groups excluding carboxylic acids is 1. The van der Waals surface area contributed by atoms with E-state index in [9.17, 15) is 9.59 Å². The van der Waals surface area contributed by atoms with E-state index < -0.39 is 11.4 Å². The van der Waals surface area contributed by atoms with Crippen LogP contribution in [0.25, 0.3) is 0 Å². The maximum atomic E-state index is 11.6. The van der Waals surface area contributed by atoms with Crippen molar-refractivity contribution in [3.05, 3.63) is 0 Å². The number of hydrogen-bond donors (Lipinski definition) is 2. The third-order valence-electron chi connectivity index (χ3n) is 2.79. The summed E-state index contributed by atoms with van der Waals surface area (Å²) in [6, 6.07) is 0. The van der Waals surface area contributed by atoms with E-state index in [1.807, 2.05) is 6.92 Å². The van der Waals surface area contributed by atoms with Crippen LogP contribution < -0.4 is 5.32 Å². The van der Waals surface area contributed by atoms with Gasteiger partial charge in [0.15, 0.2) is 0 Å². The average molecular weight is 215 g/mol. The highest BCUT2D eigenvalue weighted by atomic mass is 16.5. The van der Waals surface area contributed by atoms with Crippen LogP contribution in [0, 0.1) is 5.41 Å². The number of nitrogens with one attached hydrogen (secondary N) is 1. The Morgan fingerprint density at radius 2 is 2.13 bits per heavy atom. The first-order chi connectivity index (χ1) is 7.13. The van der Waals surface area contributed by atoms with E-state index in [1.54, 1.807) is 0 Å². The molecular weight excluding hydrogens is 198 g/mol. The molecule has 5 nitrogen and oxygen atoms in total. The Labute approximate surface area is 88.8 Å². The molecule has 0 saturated heterocycles. The molecule has 86 valence electrons. The SMILES string of the molecule is CCOCCNC(=O)C1(C(=O)O)CCC1. The predicted molar refractivity (Wildman–Crippen MR) is 53.4 cm³/mol. The number of amides is 1. The third-order valence-corrected chi connectivity index (χ3v) is 2.79. The van der Waals surface area contributed by atoms with Crippen LogP contribution in [0.15, 0.2) is 0 Å². The molecule has 0 bridgehead atoms. The summed E-state index contributed by atoms with van der Waals surface area (Å²) < 4.78 is 5.05. The normalized spacial score (nSPS) is 17.9. The van der Waals surface area contributed by atoms with Crippen molar-refractivity contribution in [3.8, 4) is 0 Å². The zero-order valence-corrected chi connectivity index (χ0v) is 8.91. The number of carboxylic acid groups (broad SMARTS) is 1. The van der Waals surface area contributed by atoms with E-state index >= 15 is 0 Å². The van der Waals surface area contributed by atoms with E-state index in [2.05, 4.69) is 5.32 Å². The molecule has 5 heteroatoms. The van der Waals surface area contributed by atoms with Crippen LogP contribution in [0.1, 0.15) is 26.2 Å². The van der Waals surface area contributed by atoms with E-state index in [0.29, 0.717) is 32.6 Å².